The van der Waals surface area contributed by atoms with Gasteiger partial charge in [-0.05, 0) is 18.8 Å². The Morgan fingerprint density at radius 2 is 1.90 bits per heavy atom. The predicted molar refractivity (Wildman–Crippen MR) is 79.7 cm³/mol. The van der Waals surface area contributed by atoms with Crippen molar-refractivity contribution in [3.05, 3.63) is 0 Å². The fourth-order valence-corrected chi connectivity index (χ4v) is 3.94. The lowest BCUT2D eigenvalue weighted by molar-refractivity contribution is -0.149. The van der Waals surface area contributed by atoms with Gasteiger partial charge < -0.3 is 15.3 Å². The van der Waals surface area contributed by atoms with Crippen LogP contribution in [0, 0.1) is 11.3 Å². The van der Waals surface area contributed by atoms with Crippen LogP contribution in [0.4, 0.5) is 0 Å². The molecule has 2 aliphatic rings. The molecular weight excluding hydrogens is 292 g/mol. The molecule has 0 aromatic rings. The first-order chi connectivity index (χ1) is 9.71. The summed E-state index contributed by atoms with van der Waals surface area (Å²) in [4.78, 5) is 37.0. The quantitative estimate of drug-likeness (QED) is 0.805. The Morgan fingerprint density at radius 1 is 1.29 bits per heavy atom. The maximum Gasteiger partial charge on any atom is 0.327 e. The Balaban J connectivity index is 2.00. The summed E-state index contributed by atoms with van der Waals surface area (Å²) in [7, 11) is 0. The van der Waals surface area contributed by atoms with Gasteiger partial charge in [-0.25, -0.2) is 4.79 Å². The summed E-state index contributed by atoms with van der Waals surface area (Å²) in [5.41, 5.74) is -0.567. The molecule has 2 N–H and O–H groups in total. The van der Waals surface area contributed by atoms with E-state index in [-0.39, 0.29) is 23.7 Å². The smallest absolute Gasteiger partial charge is 0.327 e. The first-order valence-electron chi connectivity index (χ1n) is 7.15. The van der Waals surface area contributed by atoms with Crippen LogP contribution in [0.15, 0.2) is 0 Å². The standard InChI is InChI=1S/C14H22N2O4S/c1-14(2,3)13(20)15-6-10(17)16-9(12(18)19)7-21-11(16)8-4-5-8/h8-9,11H,4-7H2,1-3H3,(H,15,20)(H,18,19). The van der Waals surface area contributed by atoms with Gasteiger partial charge in [-0.15, -0.1) is 11.8 Å². The monoisotopic (exact) mass is 314 g/mol. The molecule has 6 nitrogen and oxygen atoms in total. The van der Waals surface area contributed by atoms with Crippen molar-refractivity contribution < 1.29 is 19.5 Å². The van der Waals surface area contributed by atoms with E-state index in [9.17, 15) is 19.5 Å². The van der Waals surface area contributed by atoms with Crippen LogP contribution < -0.4 is 5.32 Å². The Kier molecular flexibility index (Phi) is 4.51. The second-order valence-corrected chi connectivity index (χ2v) is 7.80. The normalized spacial score (nSPS) is 25.8. The number of nitrogens with one attached hydrogen (secondary N) is 1. The minimum absolute atomic E-state index is 0.0508. The molecule has 2 fully saturated rings. The number of nitrogens with zero attached hydrogens (tertiary/aromatic N) is 1. The van der Waals surface area contributed by atoms with E-state index in [1.807, 2.05) is 0 Å². The summed E-state index contributed by atoms with van der Waals surface area (Å²) >= 11 is 1.54. The summed E-state index contributed by atoms with van der Waals surface area (Å²) in [5, 5.41) is 11.8. The van der Waals surface area contributed by atoms with Crippen LogP contribution in [0.5, 0.6) is 0 Å². The number of carbonyl (C=O) groups excluding carboxylic acids is 2. The zero-order chi connectivity index (χ0) is 15.8. The highest BCUT2D eigenvalue weighted by atomic mass is 32.2. The molecule has 1 heterocycles. The lowest BCUT2D eigenvalue weighted by Crippen LogP contribution is -2.51. The molecule has 2 amide bonds. The summed E-state index contributed by atoms with van der Waals surface area (Å²) in [6.45, 7) is 5.17. The minimum Gasteiger partial charge on any atom is -0.480 e. The number of carbonyl (C=O) groups is 3. The van der Waals surface area contributed by atoms with Crippen LogP contribution in [-0.4, -0.2) is 51.5 Å². The molecule has 0 radical (unpaired) electrons. The van der Waals surface area contributed by atoms with Crippen LogP contribution in [0.3, 0.4) is 0 Å². The fourth-order valence-electron chi connectivity index (χ4n) is 2.29. The molecule has 2 atom stereocenters. The van der Waals surface area contributed by atoms with Crippen molar-refractivity contribution in [1.29, 1.82) is 0 Å². The molecule has 0 aromatic carbocycles. The van der Waals surface area contributed by atoms with Gasteiger partial charge in [0.15, 0.2) is 0 Å². The molecule has 1 aliphatic carbocycles. The Bertz CT molecular complexity index is 456. The van der Waals surface area contributed by atoms with Crippen molar-refractivity contribution in [1.82, 2.24) is 10.2 Å². The molecule has 0 bridgehead atoms. The van der Waals surface area contributed by atoms with Gasteiger partial charge in [-0.3, -0.25) is 9.59 Å². The fraction of sp³-hybridized carbons (Fsp3) is 0.786. The van der Waals surface area contributed by atoms with E-state index in [2.05, 4.69) is 5.32 Å². The molecule has 0 spiro atoms. The maximum atomic E-state index is 12.4. The lowest BCUT2D eigenvalue weighted by atomic mass is 9.96. The average Bonchev–Trinajstić information content (AvgIpc) is 3.12. The molecule has 1 saturated carbocycles. The lowest BCUT2D eigenvalue weighted by Gasteiger charge is -2.28. The second kappa shape index (κ2) is 5.87. The molecule has 118 valence electrons. The third-order valence-corrected chi connectivity index (χ3v) is 5.18. The number of carboxylic acid groups (broad SMARTS) is 1. The van der Waals surface area contributed by atoms with E-state index in [1.165, 1.54) is 16.7 Å². The first-order valence-corrected chi connectivity index (χ1v) is 8.20. The van der Waals surface area contributed by atoms with E-state index in [4.69, 9.17) is 0 Å². The van der Waals surface area contributed by atoms with E-state index in [0.717, 1.165) is 12.8 Å². The van der Waals surface area contributed by atoms with E-state index >= 15 is 0 Å². The zero-order valence-electron chi connectivity index (χ0n) is 12.6. The van der Waals surface area contributed by atoms with Gasteiger partial charge in [-0.1, -0.05) is 20.8 Å². The van der Waals surface area contributed by atoms with Crippen molar-refractivity contribution in [2.24, 2.45) is 11.3 Å². The second-order valence-electron chi connectivity index (χ2n) is 6.65. The van der Waals surface area contributed by atoms with Gasteiger partial charge in [0, 0.05) is 11.2 Å². The predicted octanol–water partition coefficient (Wildman–Crippen LogP) is 0.913. The highest BCUT2D eigenvalue weighted by molar-refractivity contribution is 8.00. The SMILES string of the molecule is CC(C)(C)C(=O)NCC(=O)N1C(C(=O)O)CSC1C1CC1. The third kappa shape index (κ3) is 3.70. The van der Waals surface area contributed by atoms with Crippen molar-refractivity contribution in [3.63, 3.8) is 0 Å². The average molecular weight is 314 g/mol. The number of aliphatic carboxylic acids is 1. The number of carboxylic acids is 1. The largest absolute Gasteiger partial charge is 0.480 e. The van der Waals surface area contributed by atoms with Crippen molar-refractivity contribution in [3.8, 4) is 0 Å². The summed E-state index contributed by atoms with van der Waals surface area (Å²) in [6, 6.07) is -0.778. The Labute approximate surface area is 128 Å². The van der Waals surface area contributed by atoms with Crippen molar-refractivity contribution in [2.75, 3.05) is 12.3 Å². The molecular formula is C14H22N2O4S. The summed E-state index contributed by atoms with van der Waals surface area (Å²) < 4.78 is 0. The van der Waals surface area contributed by atoms with Gasteiger partial charge in [0.2, 0.25) is 11.8 Å². The zero-order valence-corrected chi connectivity index (χ0v) is 13.4. The van der Waals surface area contributed by atoms with Gasteiger partial charge in [0.1, 0.15) is 6.04 Å². The molecule has 2 unspecified atom stereocenters. The topological polar surface area (TPSA) is 86.7 Å². The van der Waals surface area contributed by atoms with Gasteiger partial charge in [0.05, 0.1) is 11.9 Å². The number of thioether (sulfide) groups is 1. The molecule has 21 heavy (non-hydrogen) atoms. The van der Waals surface area contributed by atoms with Crippen molar-refractivity contribution >= 4 is 29.5 Å². The van der Waals surface area contributed by atoms with Crippen LogP contribution in [-0.2, 0) is 14.4 Å². The Morgan fingerprint density at radius 3 is 2.38 bits per heavy atom. The van der Waals surface area contributed by atoms with E-state index in [1.54, 1.807) is 20.8 Å². The molecule has 7 heteroatoms. The number of hydrogen-bond donors (Lipinski definition) is 2. The van der Waals surface area contributed by atoms with Crippen LogP contribution in [0.1, 0.15) is 33.6 Å². The first kappa shape index (κ1) is 16.1. The summed E-state index contributed by atoms with van der Waals surface area (Å²) in [5.74, 6) is -0.655. The highest BCUT2D eigenvalue weighted by Gasteiger charge is 2.47. The number of rotatable bonds is 4. The van der Waals surface area contributed by atoms with Gasteiger partial charge in [0.25, 0.3) is 0 Å². The molecule has 1 saturated heterocycles. The molecule has 2 rings (SSSR count). The highest BCUT2D eigenvalue weighted by Crippen LogP contribution is 2.45. The summed E-state index contributed by atoms with van der Waals surface area (Å²) in [6.07, 6.45) is 2.09. The van der Waals surface area contributed by atoms with E-state index in [0.29, 0.717) is 11.7 Å². The molecule has 1 aliphatic heterocycles. The number of hydrogen-bond acceptors (Lipinski definition) is 4. The molecule has 0 aromatic heterocycles. The van der Waals surface area contributed by atoms with Crippen molar-refractivity contribution in [2.45, 2.75) is 45.0 Å². The van der Waals surface area contributed by atoms with Crippen LogP contribution in [0.2, 0.25) is 0 Å². The minimum atomic E-state index is -0.971. The third-order valence-electron chi connectivity index (χ3n) is 3.71. The van der Waals surface area contributed by atoms with Crippen LogP contribution in [0.25, 0.3) is 0 Å². The van der Waals surface area contributed by atoms with Crippen LogP contribution >= 0.6 is 11.8 Å². The van der Waals surface area contributed by atoms with E-state index < -0.39 is 17.4 Å². The maximum absolute atomic E-state index is 12.4. The number of amides is 2. The Hall–Kier alpha value is -1.24. The van der Waals surface area contributed by atoms with Gasteiger partial charge >= 0.3 is 5.97 Å². The van der Waals surface area contributed by atoms with Gasteiger partial charge in [-0.2, -0.15) is 0 Å².